The second-order valence-electron chi connectivity index (χ2n) is 8.10. The summed E-state index contributed by atoms with van der Waals surface area (Å²) in [6.45, 7) is 0.284. The molecule has 31 heavy (non-hydrogen) atoms. The highest BCUT2D eigenvalue weighted by Gasteiger charge is 2.44. The number of carboxylic acid groups (broad SMARTS) is 1. The molecule has 3 atom stereocenters. The van der Waals surface area contributed by atoms with E-state index in [4.69, 9.17) is 5.73 Å². The minimum Gasteiger partial charge on any atom is -0.465 e. The van der Waals surface area contributed by atoms with Gasteiger partial charge in [0.2, 0.25) is 0 Å². The van der Waals surface area contributed by atoms with E-state index in [1.807, 2.05) is 0 Å². The molecule has 1 aliphatic heterocycles. The summed E-state index contributed by atoms with van der Waals surface area (Å²) < 4.78 is 14.7. The normalized spacial score (nSPS) is 23.2. The van der Waals surface area contributed by atoms with Gasteiger partial charge in [-0.1, -0.05) is 12.8 Å². The number of nitrogens with one attached hydrogen (secondary N) is 1. The number of amides is 2. The van der Waals surface area contributed by atoms with Gasteiger partial charge in [0.05, 0.1) is 24.1 Å². The van der Waals surface area contributed by atoms with Crippen molar-refractivity contribution in [2.45, 2.75) is 37.8 Å². The summed E-state index contributed by atoms with van der Waals surface area (Å²) in [4.78, 5) is 25.3. The number of carbonyl (C=O) groups is 2. The van der Waals surface area contributed by atoms with Crippen molar-refractivity contribution < 1.29 is 19.1 Å². The van der Waals surface area contributed by atoms with E-state index in [2.05, 4.69) is 16.5 Å². The molecule has 9 nitrogen and oxygen atoms in total. The van der Waals surface area contributed by atoms with Crippen LogP contribution >= 0.6 is 0 Å². The standard InChI is InChI=1S/C21H23FN6O3/c22-14-3-5-15(6-4-14)25-20-16(19(24)29)11-28(26-20)18-13(10-23)7-8-27(21(30)31)17(18)9-12-1-2-12/h3-6,11-13,17-18H,1-2,7-9H2,(H2,24,29)(H,25,26)(H,30,31)/t13-,17?,18-/m0/s1. The Morgan fingerprint density at radius 2 is 2.00 bits per heavy atom. The minimum atomic E-state index is -1.03. The zero-order valence-corrected chi connectivity index (χ0v) is 16.7. The van der Waals surface area contributed by atoms with Gasteiger partial charge in [0, 0.05) is 18.4 Å². The molecule has 1 saturated carbocycles. The summed E-state index contributed by atoms with van der Waals surface area (Å²) in [5.41, 5.74) is 6.16. The predicted molar refractivity (Wildman–Crippen MR) is 109 cm³/mol. The molecule has 4 N–H and O–H groups in total. The number of likely N-dealkylation sites (tertiary alicyclic amines) is 1. The fourth-order valence-electron chi connectivity index (χ4n) is 4.26. The molecular formula is C21H23FN6O3. The lowest BCUT2D eigenvalue weighted by molar-refractivity contribution is 0.0551. The van der Waals surface area contributed by atoms with Crippen LogP contribution in [0.1, 0.15) is 42.1 Å². The van der Waals surface area contributed by atoms with Crippen molar-refractivity contribution in [3.63, 3.8) is 0 Å². The Morgan fingerprint density at radius 3 is 2.58 bits per heavy atom. The molecule has 2 aromatic rings. The second-order valence-corrected chi connectivity index (χ2v) is 8.10. The minimum absolute atomic E-state index is 0.110. The first-order valence-corrected chi connectivity index (χ1v) is 10.2. The number of carbonyl (C=O) groups excluding carboxylic acids is 1. The van der Waals surface area contributed by atoms with Gasteiger partial charge >= 0.3 is 6.09 Å². The maximum absolute atomic E-state index is 13.2. The fourth-order valence-corrected chi connectivity index (χ4v) is 4.26. The predicted octanol–water partition coefficient (Wildman–Crippen LogP) is 3.10. The summed E-state index contributed by atoms with van der Waals surface area (Å²) >= 11 is 0. The molecule has 2 heterocycles. The van der Waals surface area contributed by atoms with E-state index in [0.717, 1.165) is 12.8 Å². The van der Waals surface area contributed by atoms with Crippen LogP contribution < -0.4 is 11.1 Å². The first-order chi connectivity index (χ1) is 14.9. The molecule has 2 fully saturated rings. The second kappa shape index (κ2) is 8.26. The van der Waals surface area contributed by atoms with Gasteiger partial charge in [-0.15, -0.1) is 0 Å². The number of rotatable bonds is 6. The third-order valence-electron chi connectivity index (χ3n) is 5.98. The number of nitriles is 1. The fraction of sp³-hybridized carbons (Fsp3) is 0.429. The van der Waals surface area contributed by atoms with Crippen LogP contribution in [-0.2, 0) is 0 Å². The Morgan fingerprint density at radius 1 is 1.29 bits per heavy atom. The van der Waals surface area contributed by atoms with Gasteiger partial charge in [0.15, 0.2) is 5.82 Å². The van der Waals surface area contributed by atoms with Gasteiger partial charge < -0.3 is 21.1 Å². The molecule has 162 valence electrons. The van der Waals surface area contributed by atoms with Crippen LogP contribution in [0.15, 0.2) is 30.5 Å². The van der Waals surface area contributed by atoms with Gasteiger partial charge in [0.25, 0.3) is 5.91 Å². The van der Waals surface area contributed by atoms with E-state index in [1.165, 1.54) is 40.0 Å². The summed E-state index contributed by atoms with van der Waals surface area (Å²) in [6.07, 6.45) is 3.53. The number of benzene rings is 1. The average molecular weight is 426 g/mol. The number of hydrogen-bond acceptors (Lipinski definition) is 5. The van der Waals surface area contributed by atoms with Gasteiger partial charge in [-0.2, -0.15) is 10.4 Å². The van der Waals surface area contributed by atoms with E-state index in [0.29, 0.717) is 24.4 Å². The molecular weight excluding hydrogens is 403 g/mol. The van der Waals surface area contributed by atoms with Gasteiger partial charge in [-0.3, -0.25) is 9.48 Å². The maximum Gasteiger partial charge on any atom is 0.407 e. The quantitative estimate of drug-likeness (QED) is 0.649. The van der Waals surface area contributed by atoms with Crippen LogP contribution in [0.2, 0.25) is 0 Å². The lowest BCUT2D eigenvalue weighted by Gasteiger charge is -2.42. The molecule has 1 unspecified atom stereocenters. The van der Waals surface area contributed by atoms with E-state index in [9.17, 15) is 24.3 Å². The smallest absolute Gasteiger partial charge is 0.407 e. The molecule has 4 rings (SSSR count). The molecule has 1 aliphatic carbocycles. The number of aromatic nitrogens is 2. The monoisotopic (exact) mass is 426 g/mol. The number of hydrogen-bond donors (Lipinski definition) is 3. The van der Waals surface area contributed by atoms with Gasteiger partial charge in [-0.05, 0) is 43.0 Å². The Balaban J connectivity index is 1.72. The summed E-state index contributed by atoms with van der Waals surface area (Å²) in [6, 6.07) is 6.86. The highest BCUT2D eigenvalue weighted by atomic mass is 19.1. The molecule has 0 spiro atoms. The number of piperidine rings is 1. The van der Waals surface area contributed by atoms with Crippen molar-refractivity contribution in [1.82, 2.24) is 14.7 Å². The SMILES string of the molecule is N#C[C@@H]1CCN(C(=O)O)C(CC2CC2)[C@H]1n1cc(C(N)=O)c(Nc2ccc(F)cc2)n1. The van der Waals surface area contributed by atoms with Crippen LogP contribution in [0.5, 0.6) is 0 Å². The van der Waals surface area contributed by atoms with E-state index >= 15 is 0 Å². The van der Waals surface area contributed by atoms with Gasteiger partial charge in [0.1, 0.15) is 11.4 Å². The first-order valence-electron chi connectivity index (χ1n) is 10.2. The van der Waals surface area contributed by atoms with Crippen LogP contribution in [0.3, 0.4) is 0 Å². The van der Waals surface area contributed by atoms with Crippen LogP contribution in [-0.4, -0.2) is 44.4 Å². The van der Waals surface area contributed by atoms with Crippen LogP contribution in [0.25, 0.3) is 0 Å². The molecule has 10 heteroatoms. The van der Waals surface area contributed by atoms with E-state index < -0.39 is 35.8 Å². The maximum atomic E-state index is 13.2. The molecule has 1 aromatic carbocycles. The van der Waals surface area contributed by atoms with Crippen LogP contribution in [0.4, 0.5) is 20.7 Å². The largest absolute Gasteiger partial charge is 0.465 e. The molecule has 1 aromatic heterocycles. The number of halogens is 1. The van der Waals surface area contributed by atoms with Crippen LogP contribution in [0, 0.1) is 29.0 Å². The number of nitrogens with two attached hydrogens (primary N) is 1. The van der Waals surface area contributed by atoms with Crippen molar-refractivity contribution in [3.05, 3.63) is 41.8 Å². The highest BCUT2D eigenvalue weighted by Crippen LogP contribution is 2.42. The number of nitrogens with zero attached hydrogens (tertiary/aromatic N) is 4. The topological polar surface area (TPSA) is 137 Å². The Kier molecular flexibility index (Phi) is 5.50. The zero-order valence-electron chi connectivity index (χ0n) is 16.7. The first kappa shape index (κ1) is 20.7. The Bertz CT molecular complexity index is 1030. The summed E-state index contributed by atoms with van der Waals surface area (Å²) in [5, 5.41) is 26.9. The molecule has 2 aliphatic rings. The molecule has 0 radical (unpaired) electrons. The molecule has 2 amide bonds. The number of anilines is 2. The third-order valence-corrected chi connectivity index (χ3v) is 5.98. The van der Waals surface area contributed by atoms with E-state index in [-0.39, 0.29) is 17.9 Å². The van der Waals surface area contributed by atoms with Crippen molar-refractivity contribution >= 4 is 23.5 Å². The number of primary amides is 1. The summed E-state index contributed by atoms with van der Waals surface area (Å²) in [7, 11) is 0. The zero-order chi connectivity index (χ0) is 22.1. The van der Waals surface area contributed by atoms with E-state index in [1.54, 1.807) is 0 Å². The van der Waals surface area contributed by atoms with Crippen molar-refractivity contribution in [3.8, 4) is 6.07 Å². The van der Waals surface area contributed by atoms with Crippen molar-refractivity contribution in [2.24, 2.45) is 17.6 Å². The Labute approximate surface area is 178 Å². The molecule has 1 saturated heterocycles. The lowest BCUT2D eigenvalue weighted by atomic mass is 9.84. The average Bonchev–Trinajstić information content (AvgIpc) is 3.46. The lowest BCUT2D eigenvalue weighted by Crippen LogP contribution is -2.52. The van der Waals surface area contributed by atoms with Crippen molar-refractivity contribution in [1.29, 1.82) is 5.26 Å². The highest BCUT2D eigenvalue weighted by molar-refractivity contribution is 5.98. The Hall–Kier alpha value is -3.61. The third kappa shape index (κ3) is 4.30. The van der Waals surface area contributed by atoms with Crippen molar-refractivity contribution in [2.75, 3.05) is 11.9 Å². The molecule has 0 bridgehead atoms. The van der Waals surface area contributed by atoms with Gasteiger partial charge in [-0.25, -0.2) is 9.18 Å². The summed E-state index contributed by atoms with van der Waals surface area (Å²) in [5.74, 6) is -0.974.